The first-order valence-electron chi connectivity index (χ1n) is 4.69. The van der Waals surface area contributed by atoms with E-state index >= 15 is 0 Å². The van der Waals surface area contributed by atoms with Gasteiger partial charge in [-0.15, -0.1) is 0 Å². The van der Waals surface area contributed by atoms with Crippen LogP contribution in [0.5, 0.6) is 0 Å². The van der Waals surface area contributed by atoms with Gasteiger partial charge in [-0.25, -0.2) is 0 Å². The summed E-state index contributed by atoms with van der Waals surface area (Å²) in [6, 6.07) is -0.224. The molecule has 0 bridgehead atoms. The number of fused-ring (bicyclic) bond motifs is 1. The molecule has 0 amide bonds. The van der Waals surface area contributed by atoms with E-state index in [1.807, 2.05) is 6.92 Å². The fourth-order valence-corrected chi connectivity index (χ4v) is 2.28. The van der Waals surface area contributed by atoms with Crippen LogP contribution in [0.2, 0.25) is 0 Å². The van der Waals surface area contributed by atoms with Crippen molar-refractivity contribution in [3.63, 3.8) is 0 Å². The minimum Gasteiger partial charge on any atom is -0.480 e. The number of aliphatic carboxylic acids is 1. The molecule has 1 aliphatic carbocycles. The van der Waals surface area contributed by atoms with E-state index in [9.17, 15) is 4.79 Å². The van der Waals surface area contributed by atoms with Gasteiger partial charge >= 0.3 is 5.97 Å². The number of hydrogen-bond acceptors (Lipinski definition) is 2. The monoisotopic (exact) mass is 169 g/mol. The van der Waals surface area contributed by atoms with Gasteiger partial charge in [0.15, 0.2) is 0 Å². The van der Waals surface area contributed by atoms with Crippen LogP contribution >= 0.6 is 0 Å². The van der Waals surface area contributed by atoms with Gasteiger partial charge in [0.05, 0.1) is 0 Å². The zero-order valence-corrected chi connectivity index (χ0v) is 7.36. The molecule has 2 rings (SSSR count). The molecular weight excluding hydrogens is 154 g/mol. The largest absolute Gasteiger partial charge is 0.480 e. The highest BCUT2D eigenvalue weighted by molar-refractivity contribution is 5.73. The van der Waals surface area contributed by atoms with Crippen molar-refractivity contribution in [3.8, 4) is 0 Å². The Balaban J connectivity index is 1.93. The summed E-state index contributed by atoms with van der Waals surface area (Å²) in [5, 5.41) is 8.89. The third kappa shape index (κ3) is 1.22. The molecule has 3 unspecified atom stereocenters. The molecule has 0 radical (unpaired) electrons. The third-order valence-corrected chi connectivity index (χ3v) is 3.12. The Labute approximate surface area is 72.4 Å². The van der Waals surface area contributed by atoms with E-state index in [1.54, 1.807) is 0 Å². The predicted molar refractivity (Wildman–Crippen MR) is 44.9 cm³/mol. The van der Waals surface area contributed by atoms with Crippen molar-refractivity contribution in [1.29, 1.82) is 0 Å². The minimum atomic E-state index is -0.654. The van der Waals surface area contributed by atoms with E-state index in [-0.39, 0.29) is 6.04 Å². The number of carboxylic acids is 1. The number of carbonyl (C=O) groups is 1. The van der Waals surface area contributed by atoms with Crippen molar-refractivity contribution in [2.24, 2.45) is 11.8 Å². The van der Waals surface area contributed by atoms with Crippen LogP contribution in [0.15, 0.2) is 0 Å². The molecule has 0 aromatic heterocycles. The van der Waals surface area contributed by atoms with E-state index in [2.05, 4.69) is 4.90 Å². The van der Waals surface area contributed by atoms with E-state index in [0.717, 1.165) is 31.3 Å². The molecule has 1 saturated heterocycles. The van der Waals surface area contributed by atoms with Gasteiger partial charge in [0.25, 0.3) is 0 Å². The summed E-state index contributed by atoms with van der Waals surface area (Å²) < 4.78 is 0. The van der Waals surface area contributed by atoms with Crippen LogP contribution in [-0.2, 0) is 4.79 Å². The average Bonchev–Trinajstić information content (AvgIpc) is 2.60. The molecular formula is C9H15NO2. The van der Waals surface area contributed by atoms with Crippen molar-refractivity contribution in [1.82, 2.24) is 4.90 Å². The van der Waals surface area contributed by atoms with Crippen LogP contribution in [-0.4, -0.2) is 35.1 Å². The van der Waals surface area contributed by atoms with Crippen LogP contribution in [0.4, 0.5) is 0 Å². The van der Waals surface area contributed by atoms with Gasteiger partial charge in [-0.05, 0) is 24.7 Å². The molecule has 2 fully saturated rings. The second-order valence-electron chi connectivity index (χ2n) is 3.97. The van der Waals surface area contributed by atoms with Crippen molar-refractivity contribution in [3.05, 3.63) is 0 Å². The molecule has 1 aliphatic heterocycles. The van der Waals surface area contributed by atoms with Gasteiger partial charge in [-0.1, -0.05) is 6.92 Å². The lowest BCUT2D eigenvalue weighted by atomic mass is 10.2. The van der Waals surface area contributed by atoms with Gasteiger partial charge < -0.3 is 5.11 Å². The predicted octanol–water partition coefficient (Wildman–Crippen LogP) is 0.801. The first kappa shape index (κ1) is 8.05. The minimum absolute atomic E-state index is 0.224. The second-order valence-corrected chi connectivity index (χ2v) is 3.97. The van der Waals surface area contributed by atoms with E-state index in [4.69, 9.17) is 5.11 Å². The van der Waals surface area contributed by atoms with Crippen molar-refractivity contribution >= 4 is 5.97 Å². The highest BCUT2D eigenvalue weighted by Crippen LogP contribution is 2.45. The summed E-state index contributed by atoms with van der Waals surface area (Å²) in [4.78, 5) is 12.9. The Morgan fingerprint density at radius 1 is 1.58 bits per heavy atom. The van der Waals surface area contributed by atoms with Gasteiger partial charge in [-0.3, -0.25) is 9.69 Å². The quantitative estimate of drug-likeness (QED) is 0.679. The van der Waals surface area contributed by atoms with Gasteiger partial charge in [-0.2, -0.15) is 0 Å². The highest BCUT2D eigenvalue weighted by Gasteiger charge is 2.47. The Morgan fingerprint density at radius 2 is 2.17 bits per heavy atom. The fraction of sp³-hybridized carbons (Fsp3) is 0.889. The second kappa shape index (κ2) is 2.73. The molecule has 0 aromatic carbocycles. The third-order valence-electron chi connectivity index (χ3n) is 3.12. The number of carboxylic acid groups (broad SMARTS) is 1. The van der Waals surface area contributed by atoms with E-state index in [1.165, 1.54) is 6.42 Å². The summed E-state index contributed by atoms with van der Waals surface area (Å²) in [5.41, 5.74) is 0. The maximum absolute atomic E-state index is 10.8. The zero-order valence-electron chi connectivity index (χ0n) is 7.36. The van der Waals surface area contributed by atoms with Crippen LogP contribution in [0.3, 0.4) is 0 Å². The molecule has 1 saturated carbocycles. The van der Waals surface area contributed by atoms with Crippen LogP contribution < -0.4 is 0 Å². The SMILES string of the molecule is CCC(C(=O)O)N1CC2CC2C1. The molecule has 0 spiro atoms. The summed E-state index contributed by atoms with van der Waals surface area (Å²) in [6.07, 6.45) is 2.07. The smallest absolute Gasteiger partial charge is 0.320 e. The lowest BCUT2D eigenvalue weighted by Gasteiger charge is -2.23. The van der Waals surface area contributed by atoms with E-state index < -0.39 is 5.97 Å². The Bertz CT molecular complexity index is 195. The molecule has 1 heterocycles. The first-order chi connectivity index (χ1) is 5.72. The molecule has 12 heavy (non-hydrogen) atoms. The molecule has 0 aromatic rings. The normalized spacial score (nSPS) is 36.1. The standard InChI is InChI=1S/C9H15NO2/c1-2-8(9(11)12)10-4-6-3-7(6)5-10/h6-8H,2-5H2,1H3,(H,11,12). The molecule has 3 nitrogen and oxygen atoms in total. The first-order valence-corrected chi connectivity index (χ1v) is 4.69. The topological polar surface area (TPSA) is 40.5 Å². The Kier molecular flexibility index (Phi) is 1.83. The number of piperidine rings is 1. The molecule has 3 heteroatoms. The maximum atomic E-state index is 10.8. The zero-order chi connectivity index (χ0) is 8.72. The van der Waals surface area contributed by atoms with Gasteiger partial charge in [0.1, 0.15) is 6.04 Å². The maximum Gasteiger partial charge on any atom is 0.320 e. The summed E-state index contributed by atoms with van der Waals surface area (Å²) in [5.74, 6) is 1.01. The Hall–Kier alpha value is -0.570. The molecule has 3 atom stereocenters. The lowest BCUT2D eigenvalue weighted by molar-refractivity contribution is -0.143. The van der Waals surface area contributed by atoms with Gasteiger partial charge in [0, 0.05) is 13.1 Å². The van der Waals surface area contributed by atoms with Gasteiger partial charge in [0.2, 0.25) is 0 Å². The summed E-state index contributed by atoms with van der Waals surface area (Å²) in [6.45, 7) is 3.99. The van der Waals surface area contributed by atoms with Crippen molar-refractivity contribution in [2.75, 3.05) is 13.1 Å². The van der Waals surface area contributed by atoms with Crippen LogP contribution in [0, 0.1) is 11.8 Å². The van der Waals surface area contributed by atoms with E-state index in [0.29, 0.717) is 0 Å². The average molecular weight is 169 g/mol. The van der Waals surface area contributed by atoms with Crippen LogP contribution in [0.1, 0.15) is 19.8 Å². The highest BCUT2D eigenvalue weighted by atomic mass is 16.4. The number of likely N-dealkylation sites (tertiary alicyclic amines) is 1. The van der Waals surface area contributed by atoms with Crippen LogP contribution in [0.25, 0.3) is 0 Å². The molecule has 1 N–H and O–H groups in total. The summed E-state index contributed by atoms with van der Waals surface area (Å²) >= 11 is 0. The van der Waals surface area contributed by atoms with Crippen molar-refractivity contribution in [2.45, 2.75) is 25.8 Å². The summed E-state index contributed by atoms with van der Waals surface area (Å²) in [7, 11) is 0. The lowest BCUT2D eigenvalue weighted by Crippen LogP contribution is -2.40. The van der Waals surface area contributed by atoms with Crippen molar-refractivity contribution < 1.29 is 9.90 Å². The number of rotatable bonds is 3. The molecule has 68 valence electrons. The number of hydrogen-bond donors (Lipinski definition) is 1. The number of nitrogens with zero attached hydrogens (tertiary/aromatic N) is 1. The fourth-order valence-electron chi connectivity index (χ4n) is 2.28. The Morgan fingerprint density at radius 3 is 2.58 bits per heavy atom. The molecule has 2 aliphatic rings.